The van der Waals surface area contributed by atoms with Crippen molar-refractivity contribution in [2.75, 3.05) is 13.1 Å². The lowest BCUT2D eigenvalue weighted by Gasteiger charge is -2.34. The van der Waals surface area contributed by atoms with Crippen LogP contribution in [-0.2, 0) is 13.5 Å². The molecule has 0 aliphatic carbocycles. The molecule has 0 N–H and O–H groups in total. The highest BCUT2D eigenvalue weighted by molar-refractivity contribution is 5.52. The van der Waals surface area contributed by atoms with Crippen LogP contribution >= 0.6 is 0 Å². The fourth-order valence-electron chi connectivity index (χ4n) is 3.19. The summed E-state index contributed by atoms with van der Waals surface area (Å²) < 4.78 is 1.82. The third kappa shape index (κ3) is 3.35. The predicted octanol–water partition coefficient (Wildman–Crippen LogP) is 2.54. The summed E-state index contributed by atoms with van der Waals surface area (Å²) in [7, 11) is 1.92. The van der Waals surface area contributed by atoms with Gasteiger partial charge in [0.05, 0.1) is 17.6 Å². The van der Waals surface area contributed by atoms with Crippen LogP contribution in [0.3, 0.4) is 0 Å². The molecule has 22 heavy (non-hydrogen) atoms. The Hall–Kier alpha value is -1.75. The Kier molecular flexibility index (Phi) is 4.52. The van der Waals surface area contributed by atoms with Crippen LogP contribution < -0.4 is 0 Å². The molecule has 0 bridgehead atoms. The van der Waals surface area contributed by atoms with Crippen LogP contribution in [-0.4, -0.2) is 43.8 Å². The van der Waals surface area contributed by atoms with Gasteiger partial charge in [0, 0.05) is 25.5 Å². The van der Waals surface area contributed by atoms with Gasteiger partial charge in [0.25, 0.3) is 0 Å². The van der Waals surface area contributed by atoms with E-state index < -0.39 is 0 Å². The van der Waals surface area contributed by atoms with Crippen LogP contribution in [0.1, 0.15) is 32.4 Å². The lowest BCUT2D eigenvalue weighted by atomic mass is 9.92. The molecule has 0 amide bonds. The molecule has 1 fully saturated rings. The molecule has 0 unspecified atom stereocenters. The molecule has 2 aromatic heterocycles. The zero-order valence-electron chi connectivity index (χ0n) is 13.7. The Morgan fingerprint density at radius 2 is 1.95 bits per heavy atom. The van der Waals surface area contributed by atoms with Crippen molar-refractivity contribution in [3.63, 3.8) is 0 Å². The second-order valence-electron chi connectivity index (χ2n) is 6.51. The fourth-order valence-corrected chi connectivity index (χ4v) is 3.19. The molecule has 3 heterocycles. The summed E-state index contributed by atoms with van der Waals surface area (Å²) >= 11 is 0. The van der Waals surface area contributed by atoms with Crippen molar-refractivity contribution in [1.29, 1.82) is 0 Å². The maximum Gasteiger partial charge on any atom is 0.107 e. The lowest BCUT2D eigenvalue weighted by molar-refractivity contribution is 0.149. The van der Waals surface area contributed by atoms with Gasteiger partial charge < -0.3 is 4.90 Å². The standard InChI is InChI=1S/C17H25N5/c1-13(2)22-8-5-14(6-9-22)10-15-11-19-16(12-18-15)17-4-7-20-21(17)3/h4,7,11-14H,5-6,8-10H2,1-3H3. The van der Waals surface area contributed by atoms with E-state index in [2.05, 4.69) is 33.8 Å². The monoisotopic (exact) mass is 299 g/mol. The zero-order valence-corrected chi connectivity index (χ0v) is 13.7. The van der Waals surface area contributed by atoms with Crippen molar-refractivity contribution >= 4 is 0 Å². The van der Waals surface area contributed by atoms with Gasteiger partial charge in [0.1, 0.15) is 5.69 Å². The van der Waals surface area contributed by atoms with E-state index in [9.17, 15) is 0 Å². The van der Waals surface area contributed by atoms with Crippen LogP contribution in [0.5, 0.6) is 0 Å². The Balaban J connectivity index is 1.59. The molecular formula is C17H25N5. The summed E-state index contributed by atoms with van der Waals surface area (Å²) in [6.45, 7) is 6.98. The average Bonchev–Trinajstić information content (AvgIpc) is 2.95. The molecule has 1 aliphatic rings. The van der Waals surface area contributed by atoms with Crippen molar-refractivity contribution in [2.45, 2.75) is 39.2 Å². The molecule has 2 aromatic rings. The highest BCUT2D eigenvalue weighted by atomic mass is 15.3. The molecule has 0 atom stereocenters. The Bertz CT molecular complexity index is 594. The minimum absolute atomic E-state index is 0.666. The van der Waals surface area contributed by atoms with E-state index in [4.69, 9.17) is 0 Å². The molecule has 3 rings (SSSR count). The number of hydrogen-bond donors (Lipinski definition) is 0. The van der Waals surface area contributed by atoms with E-state index in [-0.39, 0.29) is 0 Å². The predicted molar refractivity (Wildman–Crippen MR) is 87.4 cm³/mol. The summed E-state index contributed by atoms with van der Waals surface area (Å²) in [5.74, 6) is 0.742. The number of nitrogens with zero attached hydrogens (tertiary/aromatic N) is 5. The van der Waals surface area contributed by atoms with Crippen molar-refractivity contribution in [1.82, 2.24) is 24.6 Å². The number of piperidine rings is 1. The van der Waals surface area contributed by atoms with Gasteiger partial charge in [0.2, 0.25) is 0 Å². The number of aromatic nitrogens is 4. The van der Waals surface area contributed by atoms with Crippen LogP contribution in [0.15, 0.2) is 24.7 Å². The van der Waals surface area contributed by atoms with Gasteiger partial charge in [0.15, 0.2) is 0 Å². The van der Waals surface area contributed by atoms with E-state index in [1.165, 1.54) is 25.9 Å². The smallest absolute Gasteiger partial charge is 0.107 e. The summed E-state index contributed by atoms with van der Waals surface area (Å²) in [5.41, 5.74) is 3.00. The first-order valence-corrected chi connectivity index (χ1v) is 8.17. The SMILES string of the molecule is CC(C)N1CCC(Cc2cnc(-c3ccnn3C)cn2)CC1. The van der Waals surface area contributed by atoms with Crippen molar-refractivity contribution in [3.05, 3.63) is 30.4 Å². The molecule has 118 valence electrons. The molecule has 0 aromatic carbocycles. The quantitative estimate of drug-likeness (QED) is 0.870. The molecule has 0 radical (unpaired) electrons. The van der Waals surface area contributed by atoms with Crippen molar-refractivity contribution in [3.8, 4) is 11.4 Å². The van der Waals surface area contributed by atoms with Crippen LogP contribution in [0.25, 0.3) is 11.4 Å². The van der Waals surface area contributed by atoms with E-state index in [1.54, 1.807) is 6.20 Å². The van der Waals surface area contributed by atoms with Gasteiger partial charge in [-0.25, -0.2) is 0 Å². The largest absolute Gasteiger partial charge is 0.301 e. The van der Waals surface area contributed by atoms with E-state index in [0.717, 1.165) is 29.4 Å². The number of aryl methyl sites for hydroxylation is 1. The molecule has 5 heteroatoms. The van der Waals surface area contributed by atoms with Gasteiger partial charge in [-0.05, 0) is 58.2 Å². The Morgan fingerprint density at radius 3 is 2.50 bits per heavy atom. The maximum atomic E-state index is 4.61. The number of likely N-dealkylation sites (tertiary alicyclic amines) is 1. The molecule has 5 nitrogen and oxygen atoms in total. The van der Waals surface area contributed by atoms with Gasteiger partial charge in [-0.2, -0.15) is 5.10 Å². The van der Waals surface area contributed by atoms with Crippen molar-refractivity contribution < 1.29 is 0 Å². The summed E-state index contributed by atoms with van der Waals surface area (Å²) in [6.07, 6.45) is 9.16. The normalized spacial score (nSPS) is 17.3. The molecule has 1 saturated heterocycles. The maximum absolute atomic E-state index is 4.61. The fraction of sp³-hybridized carbons (Fsp3) is 0.588. The van der Waals surface area contributed by atoms with E-state index in [0.29, 0.717) is 6.04 Å². The van der Waals surface area contributed by atoms with E-state index in [1.807, 2.05) is 30.2 Å². The highest BCUT2D eigenvalue weighted by Crippen LogP contribution is 2.22. The molecule has 1 aliphatic heterocycles. The summed E-state index contributed by atoms with van der Waals surface area (Å²) in [4.78, 5) is 11.7. The second-order valence-corrected chi connectivity index (χ2v) is 6.51. The Labute approximate surface area is 132 Å². The lowest BCUT2D eigenvalue weighted by Crippen LogP contribution is -2.38. The first-order chi connectivity index (χ1) is 10.6. The third-order valence-corrected chi connectivity index (χ3v) is 4.67. The zero-order chi connectivity index (χ0) is 15.5. The number of rotatable bonds is 4. The minimum atomic E-state index is 0.666. The Morgan fingerprint density at radius 1 is 1.18 bits per heavy atom. The molecular weight excluding hydrogens is 274 g/mol. The van der Waals surface area contributed by atoms with Crippen LogP contribution in [0.4, 0.5) is 0 Å². The first kappa shape index (κ1) is 15.2. The summed E-state index contributed by atoms with van der Waals surface area (Å²) in [5, 5.41) is 4.17. The third-order valence-electron chi connectivity index (χ3n) is 4.67. The van der Waals surface area contributed by atoms with Gasteiger partial charge >= 0.3 is 0 Å². The molecule has 0 saturated carbocycles. The summed E-state index contributed by atoms with van der Waals surface area (Å²) in [6, 6.07) is 2.63. The van der Waals surface area contributed by atoms with E-state index >= 15 is 0 Å². The van der Waals surface area contributed by atoms with Gasteiger partial charge in [-0.15, -0.1) is 0 Å². The van der Waals surface area contributed by atoms with Gasteiger partial charge in [-0.1, -0.05) is 0 Å². The van der Waals surface area contributed by atoms with Gasteiger partial charge in [-0.3, -0.25) is 14.6 Å². The highest BCUT2D eigenvalue weighted by Gasteiger charge is 2.21. The first-order valence-electron chi connectivity index (χ1n) is 8.17. The van der Waals surface area contributed by atoms with Crippen molar-refractivity contribution in [2.24, 2.45) is 13.0 Å². The average molecular weight is 299 g/mol. The second kappa shape index (κ2) is 6.57. The van der Waals surface area contributed by atoms with Crippen LogP contribution in [0.2, 0.25) is 0 Å². The van der Waals surface area contributed by atoms with Crippen LogP contribution in [0, 0.1) is 5.92 Å². The molecule has 0 spiro atoms. The topological polar surface area (TPSA) is 46.8 Å². The minimum Gasteiger partial charge on any atom is -0.301 e. The number of hydrogen-bond acceptors (Lipinski definition) is 4.